The van der Waals surface area contributed by atoms with Crippen molar-refractivity contribution in [2.24, 2.45) is 0 Å². The van der Waals surface area contributed by atoms with Crippen LogP contribution in [-0.2, 0) is 4.79 Å². The Labute approximate surface area is 104 Å². The van der Waals surface area contributed by atoms with Crippen LogP contribution in [0.5, 0.6) is 0 Å². The molecule has 18 heavy (non-hydrogen) atoms. The molecule has 0 aliphatic rings. The van der Waals surface area contributed by atoms with Crippen LogP contribution in [0.2, 0.25) is 0 Å². The van der Waals surface area contributed by atoms with Crippen LogP contribution in [0.25, 0.3) is 11.0 Å². The van der Waals surface area contributed by atoms with E-state index in [0.717, 1.165) is 10.9 Å². The van der Waals surface area contributed by atoms with Crippen molar-refractivity contribution in [1.82, 2.24) is 10.9 Å². The van der Waals surface area contributed by atoms with Gasteiger partial charge in [-0.3, -0.25) is 20.4 Å². The molecule has 2 aromatic rings. The Morgan fingerprint density at radius 1 is 1.22 bits per heavy atom. The standard InChI is InChI=1S/C13H14N2O3/c1-3-11(16)14-15-13(17)12-8(2)9-6-4-5-7-10(9)18-12/h4-7H,3H2,1-2H3,(H,14,16)(H,15,17). The van der Waals surface area contributed by atoms with Crippen molar-refractivity contribution in [3.63, 3.8) is 0 Å². The molecule has 0 unspecified atom stereocenters. The number of fused-ring (bicyclic) bond motifs is 1. The van der Waals surface area contributed by atoms with Crippen molar-refractivity contribution < 1.29 is 14.0 Å². The maximum atomic E-state index is 11.8. The Morgan fingerprint density at radius 3 is 2.61 bits per heavy atom. The van der Waals surface area contributed by atoms with Gasteiger partial charge in [0.05, 0.1) is 0 Å². The molecule has 0 atom stereocenters. The number of carbonyl (C=O) groups is 2. The number of furan rings is 1. The van der Waals surface area contributed by atoms with Crippen LogP contribution >= 0.6 is 0 Å². The molecule has 1 aromatic carbocycles. The van der Waals surface area contributed by atoms with E-state index in [2.05, 4.69) is 10.9 Å². The average molecular weight is 246 g/mol. The molecule has 0 spiro atoms. The number of hydrogen-bond donors (Lipinski definition) is 2. The number of hydrazine groups is 1. The van der Waals surface area contributed by atoms with Gasteiger partial charge in [0.1, 0.15) is 5.58 Å². The molecule has 1 aromatic heterocycles. The fourth-order valence-electron chi connectivity index (χ4n) is 1.66. The van der Waals surface area contributed by atoms with Gasteiger partial charge in [-0.2, -0.15) is 0 Å². The molecular formula is C13H14N2O3. The van der Waals surface area contributed by atoms with Crippen LogP contribution in [-0.4, -0.2) is 11.8 Å². The number of rotatable bonds is 2. The average Bonchev–Trinajstić information content (AvgIpc) is 2.73. The highest BCUT2D eigenvalue weighted by Crippen LogP contribution is 2.24. The van der Waals surface area contributed by atoms with E-state index in [1.54, 1.807) is 13.0 Å². The molecule has 2 rings (SSSR count). The fourth-order valence-corrected chi connectivity index (χ4v) is 1.66. The molecule has 0 aliphatic carbocycles. The van der Waals surface area contributed by atoms with Gasteiger partial charge in [-0.05, 0) is 13.0 Å². The molecule has 5 heteroatoms. The van der Waals surface area contributed by atoms with Crippen molar-refractivity contribution in [3.8, 4) is 0 Å². The predicted octanol–water partition coefficient (Wildman–Crippen LogP) is 1.91. The Bertz CT molecular complexity index is 601. The van der Waals surface area contributed by atoms with Gasteiger partial charge in [0.25, 0.3) is 0 Å². The zero-order chi connectivity index (χ0) is 13.1. The van der Waals surface area contributed by atoms with Gasteiger partial charge in [-0.1, -0.05) is 25.1 Å². The Hall–Kier alpha value is -2.30. The molecule has 0 saturated heterocycles. The van der Waals surface area contributed by atoms with Crippen molar-refractivity contribution in [2.75, 3.05) is 0 Å². The highest BCUT2D eigenvalue weighted by Gasteiger charge is 2.17. The topological polar surface area (TPSA) is 71.3 Å². The summed E-state index contributed by atoms with van der Waals surface area (Å²) >= 11 is 0. The van der Waals surface area contributed by atoms with E-state index in [4.69, 9.17) is 4.42 Å². The minimum absolute atomic E-state index is 0.215. The van der Waals surface area contributed by atoms with Crippen LogP contribution in [0.1, 0.15) is 29.5 Å². The van der Waals surface area contributed by atoms with Gasteiger partial charge in [0.2, 0.25) is 5.91 Å². The van der Waals surface area contributed by atoms with Gasteiger partial charge >= 0.3 is 5.91 Å². The number of hydrogen-bond acceptors (Lipinski definition) is 3. The maximum absolute atomic E-state index is 11.8. The predicted molar refractivity (Wildman–Crippen MR) is 66.9 cm³/mol. The molecule has 0 bridgehead atoms. The van der Waals surface area contributed by atoms with Crippen molar-refractivity contribution in [3.05, 3.63) is 35.6 Å². The van der Waals surface area contributed by atoms with E-state index in [-0.39, 0.29) is 11.7 Å². The highest BCUT2D eigenvalue weighted by molar-refractivity contribution is 5.99. The lowest BCUT2D eigenvalue weighted by molar-refractivity contribution is -0.121. The number of carbonyl (C=O) groups excluding carboxylic acids is 2. The summed E-state index contributed by atoms with van der Waals surface area (Å²) in [5, 5.41) is 0.893. The van der Waals surface area contributed by atoms with Crippen LogP contribution in [0, 0.1) is 6.92 Å². The lowest BCUT2D eigenvalue weighted by Gasteiger charge is -2.04. The fraction of sp³-hybridized carbons (Fsp3) is 0.231. The van der Waals surface area contributed by atoms with Crippen LogP contribution < -0.4 is 10.9 Å². The monoisotopic (exact) mass is 246 g/mol. The second-order valence-corrected chi connectivity index (χ2v) is 3.91. The molecule has 2 amide bonds. The minimum atomic E-state index is -0.453. The molecular weight excluding hydrogens is 232 g/mol. The lowest BCUT2D eigenvalue weighted by Crippen LogP contribution is -2.41. The third-order valence-corrected chi connectivity index (χ3v) is 2.69. The molecule has 0 aliphatic heterocycles. The van der Waals surface area contributed by atoms with Gasteiger partial charge in [-0.25, -0.2) is 0 Å². The number of amides is 2. The summed E-state index contributed by atoms with van der Waals surface area (Å²) in [6, 6.07) is 7.40. The number of nitrogens with one attached hydrogen (secondary N) is 2. The van der Waals surface area contributed by atoms with E-state index in [9.17, 15) is 9.59 Å². The van der Waals surface area contributed by atoms with Gasteiger partial charge in [0, 0.05) is 17.4 Å². The maximum Gasteiger partial charge on any atom is 0.305 e. The Balaban J connectivity index is 2.23. The van der Waals surface area contributed by atoms with E-state index >= 15 is 0 Å². The van der Waals surface area contributed by atoms with Crippen molar-refractivity contribution in [2.45, 2.75) is 20.3 Å². The van der Waals surface area contributed by atoms with Crippen molar-refractivity contribution in [1.29, 1.82) is 0 Å². The zero-order valence-electron chi connectivity index (χ0n) is 10.2. The first kappa shape index (κ1) is 12.2. The lowest BCUT2D eigenvalue weighted by atomic mass is 10.1. The number of benzene rings is 1. The van der Waals surface area contributed by atoms with E-state index in [0.29, 0.717) is 12.0 Å². The summed E-state index contributed by atoms with van der Waals surface area (Å²) in [5.74, 6) is -0.491. The molecule has 94 valence electrons. The molecule has 1 heterocycles. The summed E-state index contributed by atoms with van der Waals surface area (Å²) < 4.78 is 5.46. The molecule has 0 saturated carbocycles. The molecule has 2 N–H and O–H groups in total. The normalized spacial score (nSPS) is 10.3. The summed E-state index contributed by atoms with van der Waals surface area (Å²) in [5.41, 5.74) is 6.04. The quantitative estimate of drug-likeness (QED) is 0.795. The summed E-state index contributed by atoms with van der Waals surface area (Å²) in [4.78, 5) is 22.9. The third-order valence-electron chi connectivity index (χ3n) is 2.69. The third kappa shape index (κ3) is 2.20. The van der Waals surface area contributed by atoms with Gasteiger partial charge < -0.3 is 4.42 Å². The summed E-state index contributed by atoms with van der Waals surface area (Å²) in [6.07, 6.45) is 0.305. The van der Waals surface area contributed by atoms with E-state index < -0.39 is 5.91 Å². The van der Waals surface area contributed by atoms with Crippen LogP contribution in [0.3, 0.4) is 0 Å². The minimum Gasteiger partial charge on any atom is -0.451 e. The Morgan fingerprint density at radius 2 is 1.94 bits per heavy atom. The first-order valence-corrected chi connectivity index (χ1v) is 5.70. The number of para-hydroxylation sites is 1. The summed E-state index contributed by atoms with van der Waals surface area (Å²) in [7, 11) is 0. The zero-order valence-corrected chi connectivity index (χ0v) is 10.2. The van der Waals surface area contributed by atoms with Crippen molar-refractivity contribution >= 4 is 22.8 Å². The second-order valence-electron chi connectivity index (χ2n) is 3.91. The van der Waals surface area contributed by atoms with E-state index in [1.165, 1.54) is 0 Å². The molecule has 5 nitrogen and oxygen atoms in total. The first-order chi connectivity index (χ1) is 8.63. The summed E-state index contributed by atoms with van der Waals surface area (Å²) in [6.45, 7) is 3.51. The van der Waals surface area contributed by atoms with Crippen LogP contribution in [0.15, 0.2) is 28.7 Å². The molecule has 0 radical (unpaired) electrons. The van der Waals surface area contributed by atoms with E-state index in [1.807, 2.05) is 25.1 Å². The molecule has 0 fully saturated rings. The SMILES string of the molecule is CCC(=O)NNC(=O)c1oc2ccccc2c1C. The first-order valence-electron chi connectivity index (χ1n) is 5.70. The second kappa shape index (κ2) is 4.91. The number of aryl methyl sites for hydroxylation is 1. The van der Waals surface area contributed by atoms with Gasteiger partial charge in [-0.15, -0.1) is 0 Å². The largest absolute Gasteiger partial charge is 0.451 e. The van der Waals surface area contributed by atoms with Crippen LogP contribution in [0.4, 0.5) is 0 Å². The Kier molecular flexibility index (Phi) is 3.32. The highest BCUT2D eigenvalue weighted by atomic mass is 16.3. The smallest absolute Gasteiger partial charge is 0.305 e. The van der Waals surface area contributed by atoms with Gasteiger partial charge in [0.15, 0.2) is 5.76 Å².